The van der Waals surface area contributed by atoms with Gasteiger partial charge in [-0.3, -0.25) is 4.90 Å². The largest absolute Gasteiger partial charge is 0.461 e. The van der Waals surface area contributed by atoms with Crippen LogP contribution in [0, 0.1) is 29.8 Å². The first-order valence-corrected chi connectivity index (χ1v) is 16.2. The molecule has 4 atom stereocenters. The minimum atomic E-state index is -0.914. The molecule has 46 heavy (non-hydrogen) atoms. The number of aromatic nitrogens is 2. The van der Waals surface area contributed by atoms with Gasteiger partial charge in [0.05, 0.1) is 16.7 Å². The van der Waals surface area contributed by atoms with Crippen molar-refractivity contribution in [3.63, 3.8) is 0 Å². The summed E-state index contributed by atoms with van der Waals surface area (Å²) in [4.78, 5) is 13.5. The van der Waals surface area contributed by atoms with Crippen molar-refractivity contribution in [3.05, 3.63) is 70.1 Å². The summed E-state index contributed by atoms with van der Waals surface area (Å²) in [5.74, 6) is 0.849. The second-order valence-corrected chi connectivity index (χ2v) is 13.4. The van der Waals surface area contributed by atoms with Crippen LogP contribution in [0.25, 0.3) is 22.6 Å². The summed E-state index contributed by atoms with van der Waals surface area (Å²) in [7, 11) is 0. The average molecular weight is 630 g/mol. The number of benzene rings is 2. The third kappa shape index (κ3) is 4.96. The number of anilines is 1. The number of alkyl halides is 1. The maximum Gasteiger partial charge on any atom is 0.319 e. The first kappa shape index (κ1) is 29.5. The van der Waals surface area contributed by atoms with Gasteiger partial charge < -0.3 is 15.0 Å². The molecule has 4 saturated heterocycles. The molecule has 4 fully saturated rings. The minimum Gasteiger partial charge on any atom is -0.461 e. The van der Waals surface area contributed by atoms with Gasteiger partial charge in [0.1, 0.15) is 35.7 Å². The molecule has 3 aromatic rings. The maximum atomic E-state index is 16.7. The number of terminal acetylenes is 1. The summed E-state index contributed by atoms with van der Waals surface area (Å²) < 4.78 is 68.0. The van der Waals surface area contributed by atoms with Crippen LogP contribution in [0.5, 0.6) is 6.01 Å². The van der Waals surface area contributed by atoms with Crippen molar-refractivity contribution in [2.45, 2.75) is 68.7 Å². The number of hydrogen-bond donors (Lipinski definition) is 1. The fraction of sp³-hybridized carbons (Fsp3) is 0.444. The highest BCUT2D eigenvalue weighted by atomic mass is 19.1. The lowest BCUT2D eigenvalue weighted by atomic mass is 9.89. The van der Waals surface area contributed by atoms with E-state index < -0.39 is 29.2 Å². The molecule has 1 aromatic heterocycles. The number of hydrogen-bond acceptors (Lipinski definition) is 6. The standard InChI is InChI=1S/C36H35F4N5O/c1-2-26-27-11-7-22(6-3-5-21(27)8-12-29(26)38)31-30(39)15-28-33(32(31)40)42-35(43-34(28)44-18-24-9-10-25(19-44)41-24)46-20-36-13-4-14-45(36)17-23(37)16-36/h1,3,5-6,8,12,15,23-25,41H,4,7,9-11,13-14,16-20H2/b5-3-,22-6+/t23-,24?,25?,36+/m1/s1. The van der Waals surface area contributed by atoms with Crippen LogP contribution in [0.4, 0.5) is 23.4 Å². The third-order valence-electron chi connectivity index (χ3n) is 10.6. The number of fused-ring (bicyclic) bond motifs is 5. The van der Waals surface area contributed by atoms with Crippen molar-refractivity contribution in [2.24, 2.45) is 0 Å². The molecule has 0 radical (unpaired) electrons. The van der Waals surface area contributed by atoms with E-state index in [0.717, 1.165) is 37.8 Å². The fourth-order valence-corrected chi connectivity index (χ4v) is 8.41. The van der Waals surface area contributed by atoms with Gasteiger partial charge >= 0.3 is 6.01 Å². The van der Waals surface area contributed by atoms with Crippen molar-refractivity contribution >= 4 is 28.4 Å². The SMILES string of the molecule is C#Cc1c(F)ccc2c1CC/C(c1c(F)cc3c(N4CC5CCC(C4)N5)nc(OC[C@@]45CCCN4C[C@H](F)C5)nc3c1F)=C\C=C/2. The zero-order valence-electron chi connectivity index (χ0n) is 25.5. The Hall–Kier alpha value is -3.94. The van der Waals surface area contributed by atoms with Gasteiger partial charge in [-0.25, -0.2) is 17.6 Å². The molecule has 4 aliphatic heterocycles. The predicted octanol–water partition coefficient (Wildman–Crippen LogP) is 5.97. The molecule has 10 heteroatoms. The van der Waals surface area contributed by atoms with Crippen LogP contribution in [0.2, 0.25) is 0 Å². The molecule has 238 valence electrons. The van der Waals surface area contributed by atoms with E-state index >= 15 is 8.78 Å². The van der Waals surface area contributed by atoms with Crippen LogP contribution in [0.1, 0.15) is 60.8 Å². The van der Waals surface area contributed by atoms with E-state index in [1.165, 1.54) is 12.1 Å². The lowest BCUT2D eigenvalue weighted by molar-refractivity contribution is 0.107. The third-order valence-corrected chi connectivity index (χ3v) is 10.6. The van der Waals surface area contributed by atoms with Gasteiger partial charge in [0.2, 0.25) is 0 Å². The second kappa shape index (κ2) is 11.4. The molecule has 1 N–H and O–H groups in total. The van der Waals surface area contributed by atoms with Crippen molar-refractivity contribution in [3.8, 4) is 18.4 Å². The van der Waals surface area contributed by atoms with Crippen LogP contribution >= 0.6 is 0 Å². The number of nitrogens with zero attached hydrogens (tertiary/aromatic N) is 4. The molecule has 1 aliphatic carbocycles. The number of piperazine rings is 1. The summed E-state index contributed by atoms with van der Waals surface area (Å²) in [6.07, 6.45) is 14.6. The molecule has 2 unspecified atom stereocenters. The minimum absolute atomic E-state index is 0.00276. The quantitative estimate of drug-likeness (QED) is 0.278. The zero-order valence-corrected chi connectivity index (χ0v) is 25.5. The summed E-state index contributed by atoms with van der Waals surface area (Å²) in [6, 6.07) is 4.84. The highest BCUT2D eigenvalue weighted by molar-refractivity contribution is 5.93. The molecule has 6 nitrogen and oxygen atoms in total. The Morgan fingerprint density at radius 2 is 1.89 bits per heavy atom. The fourth-order valence-electron chi connectivity index (χ4n) is 8.41. The molecule has 2 bridgehead atoms. The van der Waals surface area contributed by atoms with Gasteiger partial charge in [0, 0.05) is 43.5 Å². The second-order valence-electron chi connectivity index (χ2n) is 13.4. The van der Waals surface area contributed by atoms with Crippen LogP contribution < -0.4 is 15.0 Å². The smallest absolute Gasteiger partial charge is 0.319 e. The van der Waals surface area contributed by atoms with Gasteiger partial charge in [0.25, 0.3) is 0 Å². The normalized spacial score (nSPS) is 29.1. The van der Waals surface area contributed by atoms with Crippen LogP contribution in [0.15, 0.2) is 30.4 Å². The molecule has 0 spiro atoms. The Morgan fingerprint density at radius 3 is 2.70 bits per heavy atom. The van der Waals surface area contributed by atoms with E-state index in [-0.39, 0.29) is 53.2 Å². The Kier molecular flexibility index (Phi) is 7.29. The van der Waals surface area contributed by atoms with Gasteiger partial charge in [-0.15, -0.1) is 6.42 Å². The van der Waals surface area contributed by atoms with Crippen LogP contribution in [-0.2, 0) is 6.42 Å². The Balaban J connectivity index is 1.20. The average Bonchev–Trinajstić information content (AvgIpc) is 3.68. The van der Waals surface area contributed by atoms with Gasteiger partial charge in [-0.05, 0) is 73.9 Å². The summed E-state index contributed by atoms with van der Waals surface area (Å²) in [5, 5.41) is 3.87. The summed E-state index contributed by atoms with van der Waals surface area (Å²) >= 11 is 0. The summed E-state index contributed by atoms with van der Waals surface area (Å²) in [5.41, 5.74) is 1.33. The predicted molar refractivity (Wildman–Crippen MR) is 170 cm³/mol. The molecule has 0 saturated carbocycles. The van der Waals surface area contributed by atoms with E-state index in [4.69, 9.17) is 16.1 Å². The Labute approximate surface area is 265 Å². The van der Waals surface area contributed by atoms with Crippen molar-refractivity contribution in [1.29, 1.82) is 0 Å². The number of rotatable bonds is 5. The molecule has 2 aromatic carbocycles. The first-order chi connectivity index (χ1) is 22.3. The van der Waals surface area contributed by atoms with E-state index in [1.54, 1.807) is 24.3 Å². The van der Waals surface area contributed by atoms with Crippen LogP contribution in [-0.4, -0.2) is 71.4 Å². The topological polar surface area (TPSA) is 53.5 Å². The van der Waals surface area contributed by atoms with Crippen molar-refractivity contribution in [2.75, 3.05) is 37.7 Å². The van der Waals surface area contributed by atoms with Gasteiger partial charge in [0.15, 0.2) is 5.82 Å². The lowest BCUT2D eigenvalue weighted by Gasteiger charge is -2.34. The van der Waals surface area contributed by atoms with Gasteiger partial charge in [-0.2, -0.15) is 9.97 Å². The molecule has 5 heterocycles. The highest BCUT2D eigenvalue weighted by Crippen LogP contribution is 2.41. The molecule has 5 aliphatic rings. The summed E-state index contributed by atoms with van der Waals surface area (Å²) in [6.45, 7) is 2.70. The molecular weight excluding hydrogens is 594 g/mol. The highest BCUT2D eigenvalue weighted by Gasteiger charge is 2.49. The molecular formula is C36H35F4N5O. The molecule has 0 amide bonds. The Morgan fingerprint density at radius 1 is 1.07 bits per heavy atom. The monoisotopic (exact) mass is 629 g/mol. The van der Waals surface area contributed by atoms with E-state index in [2.05, 4.69) is 26.0 Å². The lowest BCUT2D eigenvalue weighted by Crippen LogP contribution is -2.51. The maximum absolute atomic E-state index is 16.7. The zero-order chi connectivity index (χ0) is 31.6. The van der Waals surface area contributed by atoms with E-state index in [9.17, 15) is 8.78 Å². The first-order valence-electron chi connectivity index (χ1n) is 16.2. The number of halogens is 4. The Bertz CT molecular complexity index is 1820. The van der Waals surface area contributed by atoms with E-state index in [0.29, 0.717) is 49.4 Å². The molecule has 8 rings (SSSR count). The van der Waals surface area contributed by atoms with Crippen LogP contribution in [0.3, 0.4) is 0 Å². The number of allylic oxidation sites excluding steroid dienone is 3. The number of nitrogens with one attached hydrogen (secondary N) is 1. The van der Waals surface area contributed by atoms with Crippen molar-refractivity contribution in [1.82, 2.24) is 20.2 Å². The van der Waals surface area contributed by atoms with Crippen molar-refractivity contribution < 1.29 is 22.3 Å². The van der Waals surface area contributed by atoms with E-state index in [1.807, 2.05) is 0 Å². The number of ether oxygens (including phenoxy) is 1. The van der Waals surface area contributed by atoms with Gasteiger partial charge in [-0.1, -0.05) is 30.2 Å².